The first-order valence-corrected chi connectivity index (χ1v) is 4.76. The van der Waals surface area contributed by atoms with Crippen molar-refractivity contribution >= 4 is 10.9 Å². The molecule has 2 N–H and O–H groups in total. The van der Waals surface area contributed by atoms with E-state index in [2.05, 4.69) is 25.6 Å². The molecule has 0 amide bonds. The van der Waals surface area contributed by atoms with Gasteiger partial charge in [-0.1, -0.05) is 0 Å². The van der Waals surface area contributed by atoms with Gasteiger partial charge >= 0.3 is 0 Å². The van der Waals surface area contributed by atoms with E-state index in [1.807, 2.05) is 12.1 Å². The van der Waals surface area contributed by atoms with E-state index in [9.17, 15) is 0 Å². The molecule has 0 saturated heterocycles. The summed E-state index contributed by atoms with van der Waals surface area (Å²) in [5, 5.41) is 18.4. The molecule has 0 bridgehead atoms. The SMILES string of the molecule is COc1cc(-c2cn[nH]n2)c2cn[nH]c2c1. The van der Waals surface area contributed by atoms with E-state index in [0.717, 1.165) is 27.9 Å². The van der Waals surface area contributed by atoms with Gasteiger partial charge in [0.25, 0.3) is 0 Å². The number of ether oxygens (including phenoxy) is 1. The average molecular weight is 215 g/mol. The minimum Gasteiger partial charge on any atom is -0.497 e. The van der Waals surface area contributed by atoms with E-state index in [4.69, 9.17) is 4.74 Å². The zero-order valence-corrected chi connectivity index (χ0v) is 8.56. The Hall–Kier alpha value is -2.37. The van der Waals surface area contributed by atoms with E-state index >= 15 is 0 Å². The summed E-state index contributed by atoms with van der Waals surface area (Å²) in [5.41, 5.74) is 2.62. The van der Waals surface area contributed by atoms with E-state index in [1.54, 1.807) is 19.5 Å². The predicted molar refractivity (Wildman–Crippen MR) is 58.0 cm³/mol. The van der Waals surface area contributed by atoms with Crippen molar-refractivity contribution in [2.75, 3.05) is 7.11 Å². The van der Waals surface area contributed by atoms with Crippen LogP contribution in [0.4, 0.5) is 0 Å². The second-order valence-electron chi connectivity index (χ2n) is 3.36. The zero-order chi connectivity index (χ0) is 11.0. The molecule has 3 aromatic rings. The molecule has 0 aliphatic rings. The van der Waals surface area contributed by atoms with Crippen LogP contribution in [0.5, 0.6) is 5.75 Å². The number of rotatable bonds is 2. The van der Waals surface area contributed by atoms with Crippen LogP contribution in [-0.4, -0.2) is 32.7 Å². The normalized spacial score (nSPS) is 10.8. The van der Waals surface area contributed by atoms with Crippen molar-refractivity contribution in [1.29, 1.82) is 0 Å². The van der Waals surface area contributed by atoms with E-state index in [0.29, 0.717) is 0 Å². The molecule has 2 heterocycles. The largest absolute Gasteiger partial charge is 0.497 e. The van der Waals surface area contributed by atoms with Crippen LogP contribution >= 0.6 is 0 Å². The van der Waals surface area contributed by atoms with Gasteiger partial charge in [-0.05, 0) is 6.07 Å². The monoisotopic (exact) mass is 215 g/mol. The lowest BCUT2D eigenvalue weighted by Gasteiger charge is -2.03. The molecule has 6 nitrogen and oxygen atoms in total. The Kier molecular flexibility index (Phi) is 1.86. The highest BCUT2D eigenvalue weighted by Crippen LogP contribution is 2.30. The van der Waals surface area contributed by atoms with Gasteiger partial charge in [0.2, 0.25) is 0 Å². The lowest BCUT2D eigenvalue weighted by atomic mass is 10.1. The Morgan fingerprint density at radius 3 is 2.88 bits per heavy atom. The summed E-state index contributed by atoms with van der Waals surface area (Å²) >= 11 is 0. The molecule has 16 heavy (non-hydrogen) atoms. The first-order valence-electron chi connectivity index (χ1n) is 4.76. The number of nitrogens with one attached hydrogen (secondary N) is 2. The molecule has 0 atom stereocenters. The minimum absolute atomic E-state index is 0.759. The first kappa shape index (κ1) is 8.90. The van der Waals surface area contributed by atoms with Crippen molar-refractivity contribution in [3.63, 3.8) is 0 Å². The molecule has 0 saturated carbocycles. The van der Waals surface area contributed by atoms with Gasteiger partial charge < -0.3 is 4.74 Å². The third kappa shape index (κ3) is 1.23. The van der Waals surface area contributed by atoms with E-state index < -0.39 is 0 Å². The van der Waals surface area contributed by atoms with Crippen molar-refractivity contribution in [3.05, 3.63) is 24.5 Å². The van der Waals surface area contributed by atoms with Gasteiger partial charge in [-0.3, -0.25) is 5.10 Å². The highest BCUT2D eigenvalue weighted by atomic mass is 16.5. The Morgan fingerprint density at radius 2 is 2.12 bits per heavy atom. The summed E-state index contributed by atoms with van der Waals surface area (Å²) in [4.78, 5) is 0. The molecule has 0 fully saturated rings. The molecule has 80 valence electrons. The highest BCUT2D eigenvalue weighted by Gasteiger charge is 2.10. The number of benzene rings is 1. The number of aromatic amines is 2. The lowest BCUT2D eigenvalue weighted by molar-refractivity contribution is 0.415. The van der Waals surface area contributed by atoms with Crippen molar-refractivity contribution in [2.45, 2.75) is 0 Å². The van der Waals surface area contributed by atoms with Gasteiger partial charge in [0.1, 0.15) is 11.4 Å². The van der Waals surface area contributed by atoms with Gasteiger partial charge in [0.05, 0.1) is 25.0 Å². The Bertz CT molecular complexity index is 613. The summed E-state index contributed by atoms with van der Waals surface area (Å²) in [5.74, 6) is 0.759. The number of methoxy groups -OCH3 is 1. The van der Waals surface area contributed by atoms with Crippen LogP contribution < -0.4 is 4.74 Å². The Morgan fingerprint density at radius 1 is 1.19 bits per heavy atom. The molecule has 0 aliphatic carbocycles. The second-order valence-corrected chi connectivity index (χ2v) is 3.36. The molecule has 2 aromatic heterocycles. The molecule has 0 unspecified atom stereocenters. The van der Waals surface area contributed by atoms with Crippen molar-refractivity contribution in [3.8, 4) is 17.0 Å². The Labute approximate surface area is 90.6 Å². The average Bonchev–Trinajstić information content (AvgIpc) is 2.98. The fourth-order valence-electron chi connectivity index (χ4n) is 1.69. The number of hydrogen-bond acceptors (Lipinski definition) is 4. The molecular formula is C10H9N5O. The number of nitrogens with zero attached hydrogens (tertiary/aromatic N) is 3. The topological polar surface area (TPSA) is 79.5 Å². The predicted octanol–water partition coefficient (Wildman–Crippen LogP) is 1.36. The van der Waals surface area contributed by atoms with Crippen LogP contribution in [0, 0.1) is 0 Å². The molecular weight excluding hydrogens is 206 g/mol. The maximum absolute atomic E-state index is 5.22. The third-order valence-electron chi connectivity index (χ3n) is 2.46. The van der Waals surface area contributed by atoms with Crippen molar-refractivity contribution in [1.82, 2.24) is 25.6 Å². The zero-order valence-electron chi connectivity index (χ0n) is 8.56. The van der Waals surface area contributed by atoms with E-state index in [1.165, 1.54) is 0 Å². The van der Waals surface area contributed by atoms with Crippen molar-refractivity contribution in [2.24, 2.45) is 0 Å². The molecule has 0 aliphatic heterocycles. The summed E-state index contributed by atoms with van der Waals surface area (Å²) in [6.45, 7) is 0. The van der Waals surface area contributed by atoms with Gasteiger partial charge in [-0.15, -0.1) is 0 Å². The third-order valence-corrected chi connectivity index (χ3v) is 2.46. The number of hydrogen-bond donors (Lipinski definition) is 2. The van der Waals surface area contributed by atoms with Crippen LogP contribution in [0.1, 0.15) is 0 Å². The smallest absolute Gasteiger partial charge is 0.121 e. The molecule has 6 heteroatoms. The van der Waals surface area contributed by atoms with Gasteiger partial charge in [0, 0.05) is 17.0 Å². The summed E-state index contributed by atoms with van der Waals surface area (Å²) < 4.78 is 5.22. The summed E-state index contributed by atoms with van der Waals surface area (Å²) in [7, 11) is 1.63. The number of H-pyrrole nitrogens is 2. The summed E-state index contributed by atoms with van der Waals surface area (Å²) in [6, 6.07) is 3.81. The first-order chi connectivity index (χ1) is 7.88. The Balaban J connectivity index is 2.33. The molecule has 0 spiro atoms. The maximum atomic E-state index is 5.22. The molecule has 1 aromatic carbocycles. The molecule has 0 radical (unpaired) electrons. The standard InChI is InChI=1S/C10H9N5O/c1-16-6-2-7(10-5-12-15-14-10)8-4-11-13-9(8)3-6/h2-5H,1H3,(H,11,13)(H,12,14,15). The van der Waals surface area contributed by atoms with Crippen molar-refractivity contribution < 1.29 is 4.74 Å². The summed E-state index contributed by atoms with van der Waals surface area (Å²) in [6.07, 6.45) is 3.43. The fourth-order valence-corrected chi connectivity index (χ4v) is 1.69. The fraction of sp³-hybridized carbons (Fsp3) is 0.100. The van der Waals surface area contributed by atoms with Crippen LogP contribution in [0.3, 0.4) is 0 Å². The second kappa shape index (κ2) is 3.34. The maximum Gasteiger partial charge on any atom is 0.121 e. The van der Waals surface area contributed by atoms with Crippen LogP contribution in [0.15, 0.2) is 24.5 Å². The van der Waals surface area contributed by atoms with Gasteiger partial charge in [-0.25, -0.2) is 0 Å². The number of aromatic nitrogens is 5. The van der Waals surface area contributed by atoms with Crippen LogP contribution in [-0.2, 0) is 0 Å². The lowest BCUT2D eigenvalue weighted by Crippen LogP contribution is -1.86. The highest BCUT2D eigenvalue weighted by molar-refractivity contribution is 5.94. The number of fused-ring (bicyclic) bond motifs is 1. The van der Waals surface area contributed by atoms with Gasteiger partial charge in [0.15, 0.2) is 0 Å². The minimum atomic E-state index is 0.759. The van der Waals surface area contributed by atoms with Crippen LogP contribution in [0.25, 0.3) is 22.2 Å². The molecule has 3 rings (SSSR count). The van der Waals surface area contributed by atoms with Gasteiger partial charge in [-0.2, -0.15) is 20.5 Å². The quantitative estimate of drug-likeness (QED) is 0.676. The van der Waals surface area contributed by atoms with E-state index in [-0.39, 0.29) is 0 Å². The van der Waals surface area contributed by atoms with Crippen LogP contribution in [0.2, 0.25) is 0 Å².